The molecule has 3 aromatic rings. The number of nitrogens with one attached hydrogen (secondary N) is 2. The lowest BCUT2D eigenvalue weighted by Crippen LogP contribution is -2.13. The maximum Gasteiger partial charge on any atom is 0.245 e. The Labute approximate surface area is 167 Å². The van der Waals surface area contributed by atoms with E-state index in [-0.39, 0.29) is 0 Å². The number of nitrogens with zero attached hydrogens (tertiary/aromatic N) is 3. The normalized spacial score (nSPS) is 10.6. The van der Waals surface area contributed by atoms with Crippen molar-refractivity contribution in [2.45, 2.75) is 6.54 Å². The Bertz CT molecular complexity index is 893. The van der Waals surface area contributed by atoms with E-state index in [4.69, 9.17) is 27.9 Å². The molecule has 1 heterocycles. The van der Waals surface area contributed by atoms with Gasteiger partial charge in [0, 0.05) is 25.8 Å². The minimum Gasteiger partial charge on any atom is -0.383 e. The van der Waals surface area contributed by atoms with E-state index in [2.05, 4.69) is 25.8 Å². The molecule has 0 bridgehead atoms. The molecule has 0 unspecified atom stereocenters. The van der Waals surface area contributed by atoms with Gasteiger partial charge in [0.05, 0.1) is 16.7 Å². The Morgan fingerprint density at radius 2 is 1.78 bits per heavy atom. The summed E-state index contributed by atoms with van der Waals surface area (Å²) in [5.74, 6) is 0.974. The molecule has 0 aliphatic heterocycles. The maximum atomic E-state index is 6.35. The van der Waals surface area contributed by atoms with Crippen LogP contribution in [0.25, 0.3) is 11.3 Å². The topological polar surface area (TPSA) is 72.0 Å². The van der Waals surface area contributed by atoms with E-state index in [0.717, 1.165) is 5.56 Å². The van der Waals surface area contributed by atoms with Crippen LogP contribution in [0.5, 0.6) is 0 Å². The first-order valence-corrected chi connectivity index (χ1v) is 9.14. The van der Waals surface area contributed by atoms with Crippen molar-refractivity contribution in [3.05, 3.63) is 64.1 Å². The van der Waals surface area contributed by atoms with E-state index in [1.807, 2.05) is 42.5 Å². The highest BCUT2D eigenvalue weighted by atomic mass is 35.5. The summed E-state index contributed by atoms with van der Waals surface area (Å²) in [4.78, 5) is 4.55. The van der Waals surface area contributed by atoms with Crippen LogP contribution in [0.15, 0.2) is 48.5 Å². The van der Waals surface area contributed by atoms with Crippen molar-refractivity contribution in [2.24, 2.45) is 0 Å². The Hall–Kier alpha value is -2.41. The molecular weight excluding hydrogens is 385 g/mol. The summed E-state index contributed by atoms with van der Waals surface area (Å²) in [5, 5.41) is 15.8. The molecular formula is C19H19Cl2N5O. The van der Waals surface area contributed by atoms with Crippen LogP contribution >= 0.6 is 23.2 Å². The average molecular weight is 404 g/mol. The van der Waals surface area contributed by atoms with Crippen LogP contribution in [0, 0.1) is 0 Å². The highest BCUT2D eigenvalue weighted by Crippen LogP contribution is 2.35. The number of aromatic nitrogens is 3. The molecule has 0 radical (unpaired) electrons. The lowest BCUT2D eigenvalue weighted by Gasteiger charge is -2.13. The van der Waals surface area contributed by atoms with Crippen LogP contribution in [0.2, 0.25) is 10.0 Å². The molecule has 3 rings (SSSR count). The van der Waals surface area contributed by atoms with Gasteiger partial charge in [-0.25, -0.2) is 0 Å². The largest absolute Gasteiger partial charge is 0.383 e. The van der Waals surface area contributed by atoms with Crippen molar-refractivity contribution in [3.63, 3.8) is 0 Å². The third kappa shape index (κ3) is 5.07. The summed E-state index contributed by atoms with van der Waals surface area (Å²) in [7, 11) is 1.64. The maximum absolute atomic E-state index is 6.35. The average Bonchev–Trinajstić information content (AvgIpc) is 2.70. The van der Waals surface area contributed by atoms with Gasteiger partial charge >= 0.3 is 0 Å². The van der Waals surface area contributed by atoms with Gasteiger partial charge in [-0.05, 0) is 11.6 Å². The predicted octanol–water partition coefficient (Wildman–Crippen LogP) is 4.52. The monoisotopic (exact) mass is 403 g/mol. The lowest BCUT2D eigenvalue weighted by molar-refractivity contribution is 0.210. The van der Waals surface area contributed by atoms with Crippen LogP contribution in [0.3, 0.4) is 0 Å². The Balaban J connectivity index is 1.87. The highest BCUT2D eigenvalue weighted by molar-refractivity contribution is 6.43. The van der Waals surface area contributed by atoms with Crippen LogP contribution in [0.1, 0.15) is 5.56 Å². The molecule has 140 valence electrons. The smallest absolute Gasteiger partial charge is 0.245 e. The zero-order valence-electron chi connectivity index (χ0n) is 14.7. The van der Waals surface area contributed by atoms with E-state index in [1.54, 1.807) is 13.2 Å². The molecule has 0 saturated carbocycles. The Morgan fingerprint density at radius 1 is 0.963 bits per heavy atom. The quantitative estimate of drug-likeness (QED) is 0.538. The summed E-state index contributed by atoms with van der Waals surface area (Å²) in [5.41, 5.74) is 2.32. The number of hydrogen-bond acceptors (Lipinski definition) is 6. The van der Waals surface area contributed by atoms with Gasteiger partial charge in [-0.1, -0.05) is 65.7 Å². The molecule has 0 amide bonds. The van der Waals surface area contributed by atoms with Gasteiger partial charge in [-0.2, -0.15) is 4.98 Å². The van der Waals surface area contributed by atoms with Crippen LogP contribution < -0.4 is 10.6 Å². The number of hydrogen-bond donors (Lipinski definition) is 2. The minimum atomic E-state index is 0.412. The summed E-state index contributed by atoms with van der Waals surface area (Å²) in [6.07, 6.45) is 0. The number of ether oxygens (including phenoxy) is 1. The van der Waals surface area contributed by atoms with Crippen LogP contribution in [-0.4, -0.2) is 35.4 Å². The minimum absolute atomic E-state index is 0.412. The third-order valence-electron chi connectivity index (χ3n) is 3.79. The summed E-state index contributed by atoms with van der Waals surface area (Å²) < 4.78 is 5.10. The van der Waals surface area contributed by atoms with Crippen molar-refractivity contribution < 1.29 is 4.74 Å². The number of halogens is 2. The molecule has 2 aromatic carbocycles. The first-order chi connectivity index (χ1) is 13.2. The van der Waals surface area contributed by atoms with E-state index in [9.17, 15) is 0 Å². The molecule has 6 nitrogen and oxygen atoms in total. The van der Waals surface area contributed by atoms with Crippen LogP contribution in [0.4, 0.5) is 11.8 Å². The predicted molar refractivity (Wildman–Crippen MR) is 109 cm³/mol. The number of anilines is 2. The standard InChI is InChI=1S/C19H19Cl2N5O/c1-27-11-10-22-18-17(14-8-5-9-15(20)16(14)21)25-26-19(24-18)23-12-13-6-3-2-4-7-13/h2-9H,10-12H2,1H3,(H2,22,23,24,26). The van der Waals surface area contributed by atoms with Crippen molar-refractivity contribution in [3.8, 4) is 11.3 Å². The number of methoxy groups -OCH3 is 1. The van der Waals surface area contributed by atoms with Gasteiger partial charge in [0.25, 0.3) is 0 Å². The fourth-order valence-corrected chi connectivity index (χ4v) is 2.83. The molecule has 0 saturated heterocycles. The second-order valence-corrected chi connectivity index (χ2v) is 6.48. The second kappa shape index (κ2) is 9.50. The zero-order valence-corrected chi connectivity index (χ0v) is 16.3. The fraction of sp³-hybridized carbons (Fsp3) is 0.211. The third-order valence-corrected chi connectivity index (χ3v) is 4.60. The second-order valence-electron chi connectivity index (χ2n) is 5.69. The van der Waals surface area contributed by atoms with Crippen molar-refractivity contribution in [2.75, 3.05) is 30.9 Å². The highest BCUT2D eigenvalue weighted by Gasteiger charge is 2.15. The molecule has 2 N–H and O–H groups in total. The van der Waals surface area contributed by atoms with Crippen LogP contribution in [-0.2, 0) is 11.3 Å². The van der Waals surface area contributed by atoms with Crippen molar-refractivity contribution in [1.82, 2.24) is 15.2 Å². The molecule has 0 atom stereocenters. The number of rotatable bonds is 8. The SMILES string of the molecule is COCCNc1nc(NCc2ccccc2)nnc1-c1cccc(Cl)c1Cl. The van der Waals surface area contributed by atoms with Gasteiger partial charge in [0.1, 0.15) is 5.69 Å². The fourth-order valence-electron chi connectivity index (χ4n) is 2.44. The van der Waals surface area contributed by atoms with Gasteiger partial charge in [-0.15, -0.1) is 10.2 Å². The first-order valence-electron chi connectivity index (χ1n) is 8.38. The van der Waals surface area contributed by atoms with E-state index in [0.29, 0.717) is 52.8 Å². The Kier molecular flexibility index (Phi) is 6.81. The molecule has 0 aliphatic rings. The molecule has 0 fully saturated rings. The van der Waals surface area contributed by atoms with Gasteiger partial charge < -0.3 is 15.4 Å². The van der Waals surface area contributed by atoms with Gasteiger partial charge in [-0.3, -0.25) is 0 Å². The van der Waals surface area contributed by atoms with Gasteiger partial charge in [0.15, 0.2) is 5.82 Å². The number of benzene rings is 2. The van der Waals surface area contributed by atoms with Crippen molar-refractivity contribution in [1.29, 1.82) is 0 Å². The summed E-state index contributed by atoms with van der Waals surface area (Å²) in [6, 6.07) is 15.4. The molecule has 1 aromatic heterocycles. The first kappa shape index (κ1) is 19.4. The van der Waals surface area contributed by atoms with E-state index in [1.165, 1.54) is 0 Å². The Morgan fingerprint density at radius 3 is 2.56 bits per heavy atom. The molecule has 0 aliphatic carbocycles. The summed E-state index contributed by atoms with van der Waals surface area (Å²) >= 11 is 12.5. The van der Waals surface area contributed by atoms with E-state index >= 15 is 0 Å². The van der Waals surface area contributed by atoms with E-state index < -0.39 is 0 Å². The molecule has 8 heteroatoms. The lowest BCUT2D eigenvalue weighted by atomic mass is 10.1. The summed E-state index contributed by atoms with van der Waals surface area (Å²) in [6.45, 7) is 1.69. The van der Waals surface area contributed by atoms with Crippen molar-refractivity contribution >= 4 is 35.0 Å². The molecule has 27 heavy (non-hydrogen) atoms. The molecule has 0 spiro atoms. The van der Waals surface area contributed by atoms with Gasteiger partial charge in [0.2, 0.25) is 5.95 Å². The zero-order chi connectivity index (χ0) is 19.1.